The number of aromatic nitrogens is 1. The van der Waals surface area contributed by atoms with Gasteiger partial charge < -0.3 is 10.0 Å². The maximum absolute atomic E-state index is 9.47. The first-order chi connectivity index (χ1) is 7.72. The lowest BCUT2D eigenvalue weighted by atomic mass is 10.3. The van der Waals surface area contributed by atoms with Gasteiger partial charge in [-0.1, -0.05) is 13.3 Å². The van der Waals surface area contributed by atoms with Gasteiger partial charge in [0, 0.05) is 18.0 Å². The van der Waals surface area contributed by atoms with Crippen molar-refractivity contribution in [3.8, 4) is 0 Å². The highest BCUT2D eigenvalue weighted by Gasteiger charge is 2.30. The van der Waals surface area contributed by atoms with Gasteiger partial charge in [-0.25, -0.2) is 4.98 Å². The van der Waals surface area contributed by atoms with Crippen molar-refractivity contribution >= 4 is 16.5 Å². The molecule has 1 saturated carbocycles. The molecule has 0 saturated heterocycles. The smallest absolute Gasteiger partial charge is 0.185 e. The van der Waals surface area contributed by atoms with Gasteiger partial charge >= 0.3 is 0 Å². The second-order valence-electron chi connectivity index (χ2n) is 4.51. The summed E-state index contributed by atoms with van der Waals surface area (Å²) in [6.45, 7) is 5.09. The number of hydrogen-bond acceptors (Lipinski definition) is 4. The Hall–Kier alpha value is -0.610. The molecular formula is C12H20N2OS. The van der Waals surface area contributed by atoms with Crippen molar-refractivity contribution < 1.29 is 5.11 Å². The predicted octanol–water partition coefficient (Wildman–Crippen LogP) is 2.97. The summed E-state index contributed by atoms with van der Waals surface area (Å²) in [7, 11) is 0. The Morgan fingerprint density at radius 3 is 2.88 bits per heavy atom. The predicted molar refractivity (Wildman–Crippen MR) is 68.0 cm³/mol. The van der Waals surface area contributed by atoms with E-state index in [4.69, 9.17) is 0 Å². The van der Waals surface area contributed by atoms with Crippen molar-refractivity contribution in [2.75, 3.05) is 11.4 Å². The molecule has 1 fully saturated rings. The van der Waals surface area contributed by atoms with Crippen LogP contribution in [0, 0.1) is 0 Å². The number of aliphatic hydroxyl groups excluding tert-OH is 1. The molecule has 1 aromatic heterocycles. The fourth-order valence-electron chi connectivity index (χ4n) is 1.75. The Bertz CT molecular complexity index is 334. The summed E-state index contributed by atoms with van der Waals surface area (Å²) < 4.78 is 0. The summed E-state index contributed by atoms with van der Waals surface area (Å²) in [5.74, 6) is 0. The minimum atomic E-state index is -0.447. The summed E-state index contributed by atoms with van der Waals surface area (Å²) >= 11 is 1.66. The quantitative estimate of drug-likeness (QED) is 0.830. The SMILES string of the molecule is CCCCN(c1nc(C(C)O)cs1)C1CC1. The zero-order valence-corrected chi connectivity index (χ0v) is 10.8. The van der Waals surface area contributed by atoms with Crippen molar-refractivity contribution in [3.63, 3.8) is 0 Å². The number of aliphatic hydroxyl groups is 1. The lowest BCUT2D eigenvalue weighted by Crippen LogP contribution is -2.26. The van der Waals surface area contributed by atoms with Gasteiger partial charge in [-0.2, -0.15) is 0 Å². The summed E-state index contributed by atoms with van der Waals surface area (Å²) in [5, 5.41) is 12.5. The van der Waals surface area contributed by atoms with Gasteiger partial charge in [0.15, 0.2) is 5.13 Å². The topological polar surface area (TPSA) is 36.4 Å². The minimum absolute atomic E-state index is 0.447. The van der Waals surface area contributed by atoms with E-state index in [0.717, 1.165) is 17.4 Å². The third kappa shape index (κ3) is 2.74. The van der Waals surface area contributed by atoms with Crippen LogP contribution < -0.4 is 4.90 Å². The van der Waals surface area contributed by atoms with Crippen LogP contribution in [0.25, 0.3) is 0 Å². The van der Waals surface area contributed by atoms with Crippen LogP contribution >= 0.6 is 11.3 Å². The number of nitrogens with zero attached hydrogens (tertiary/aromatic N) is 2. The molecule has 3 nitrogen and oxygen atoms in total. The largest absolute Gasteiger partial charge is 0.387 e. The maximum atomic E-state index is 9.47. The van der Waals surface area contributed by atoms with E-state index < -0.39 is 6.10 Å². The van der Waals surface area contributed by atoms with Crippen molar-refractivity contribution in [1.29, 1.82) is 0 Å². The Morgan fingerprint density at radius 2 is 2.38 bits per heavy atom. The molecule has 0 radical (unpaired) electrons. The Balaban J connectivity index is 2.05. The average molecular weight is 240 g/mol. The lowest BCUT2D eigenvalue weighted by Gasteiger charge is -2.20. The molecule has 4 heteroatoms. The first kappa shape index (κ1) is 11.9. The third-order valence-corrected chi connectivity index (χ3v) is 3.82. The maximum Gasteiger partial charge on any atom is 0.185 e. The fourth-order valence-corrected chi connectivity index (χ4v) is 2.76. The van der Waals surface area contributed by atoms with Crippen molar-refractivity contribution in [1.82, 2.24) is 4.98 Å². The van der Waals surface area contributed by atoms with Gasteiger partial charge in [0.25, 0.3) is 0 Å². The molecule has 1 N–H and O–H groups in total. The number of unbranched alkanes of at least 4 members (excludes halogenated alkanes) is 1. The molecule has 90 valence electrons. The van der Waals surface area contributed by atoms with Gasteiger partial charge in [0.1, 0.15) is 0 Å². The van der Waals surface area contributed by atoms with E-state index in [1.807, 2.05) is 5.38 Å². The molecule has 1 aliphatic carbocycles. The van der Waals surface area contributed by atoms with E-state index in [2.05, 4.69) is 16.8 Å². The molecule has 1 aromatic rings. The van der Waals surface area contributed by atoms with Gasteiger partial charge in [-0.15, -0.1) is 11.3 Å². The zero-order valence-electron chi connectivity index (χ0n) is 10.0. The average Bonchev–Trinajstić information content (AvgIpc) is 2.96. The molecule has 0 spiro atoms. The van der Waals surface area contributed by atoms with Crippen molar-refractivity contribution in [3.05, 3.63) is 11.1 Å². The fraction of sp³-hybridized carbons (Fsp3) is 0.750. The first-order valence-corrected chi connectivity index (χ1v) is 7.00. The van der Waals surface area contributed by atoms with E-state index in [9.17, 15) is 5.11 Å². The summed E-state index contributed by atoms with van der Waals surface area (Å²) in [6.07, 6.45) is 4.59. The molecular weight excluding hydrogens is 220 g/mol. The van der Waals surface area contributed by atoms with Crippen LogP contribution in [0.2, 0.25) is 0 Å². The second-order valence-corrected chi connectivity index (χ2v) is 5.35. The highest BCUT2D eigenvalue weighted by molar-refractivity contribution is 7.13. The van der Waals surface area contributed by atoms with E-state index >= 15 is 0 Å². The van der Waals surface area contributed by atoms with E-state index in [0.29, 0.717) is 6.04 Å². The highest BCUT2D eigenvalue weighted by atomic mass is 32.1. The Kier molecular flexibility index (Phi) is 3.82. The molecule has 1 aliphatic rings. The molecule has 1 heterocycles. The van der Waals surface area contributed by atoms with E-state index in [1.165, 1.54) is 25.7 Å². The lowest BCUT2D eigenvalue weighted by molar-refractivity contribution is 0.195. The van der Waals surface area contributed by atoms with Crippen LogP contribution in [0.3, 0.4) is 0 Å². The minimum Gasteiger partial charge on any atom is -0.387 e. The molecule has 2 rings (SSSR count). The monoisotopic (exact) mass is 240 g/mol. The van der Waals surface area contributed by atoms with Crippen molar-refractivity contribution in [2.45, 2.75) is 51.7 Å². The third-order valence-electron chi connectivity index (χ3n) is 2.92. The normalized spacial score (nSPS) is 17.4. The van der Waals surface area contributed by atoms with E-state index in [-0.39, 0.29) is 0 Å². The Labute approximate surface area is 101 Å². The number of hydrogen-bond donors (Lipinski definition) is 1. The number of rotatable bonds is 6. The molecule has 0 bridgehead atoms. The second kappa shape index (κ2) is 5.15. The number of thiazole rings is 1. The summed E-state index contributed by atoms with van der Waals surface area (Å²) in [4.78, 5) is 6.94. The first-order valence-electron chi connectivity index (χ1n) is 6.12. The molecule has 16 heavy (non-hydrogen) atoms. The van der Waals surface area contributed by atoms with Gasteiger partial charge in [0.2, 0.25) is 0 Å². The van der Waals surface area contributed by atoms with Crippen molar-refractivity contribution in [2.24, 2.45) is 0 Å². The van der Waals surface area contributed by atoms with E-state index in [1.54, 1.807) is 18.3 Å². The molecule has 1 unspecified atom stereocenters. The van der Waals surface area contributed by atoms with Gasteiger partial charge in [-0.3, -0.25) is 0 Å². The molecule has 0 aromatic carbocycles. The summed E-state index contributed by atoms with van der Waals surface area (Å²) in [5.41, 5.74) is 0.808. The molecule has 0 aliphatic heterocycles. The van der Waals surface area contributed by atoms with Crippen LogP contribution in [0.4, 0.5) is 5.13 Å². The Morgan fingerprint density at radius 1 is 1.62 bits per heavy atom. The van der Waals surface area contributed by atoms with Crippen LogP contribution in [0.1, 0.15) is 51.3 Å². The number of anilines is 1. The van der Waals surface area contributed by atoms with Crippen LogP contribution in [0.15, 0.2) is 5.38 Å². The van der Waals surface area contributed by atoms with Crippen LogP contribution in [0.5, 0.6) is 0 Å². The van der Waals surface area contributed by atoms with Gasteiger partial charge in [-0.05, 0) is 26.2 Å². The highest BCUT2D eigenvalue weighted by Crippen LogP contribution is 2.34. The van der Waals surface area contributed by atoms with Gasteiger partial charge in [0.05, 0.1) is 11.8 Å². The summed E-state index contributed by atoms with van der Waals surface area (Å²) in [6, 6.07) is 0.708. The van der Waals surface area contributed by atoms with Crippen LogP contribution in [-0.2, 0) is 0 Å². The van der Waals surface area contributed by atoms with Crippen LogP contribution in [-0.4, -0.2) is 22.7 Å². The molecule has 1 atom stereocenters. The molecule has 0 amide bonds. The zero-order chi connectivity index (χ0) is 11.5. The standard InChI is InChI=1S/C12H20N2OS/c1-3-4-7-14(10-5-6-10)12-13-11(8-16-12)9(2)15/h8-10,15H,3-7H2,1-2H3.